The second-order valence-electron chi connectivity index (χ2n) is 3.47. The molecule has 0 saturated heterocycles. The van der Waals surface area contributed by atoms with Crippen LogP contribution in [0.3, 0.4) is 0 Å². The molecule has 0 atom stereocenters. The molecule has 3 nitrogen and oxygen atoms in total. The molecule has 0 saturated carbocycles. The number of amides is 1. The summed E-state index contributed by atoms with van der Waals surface area (Å²) in [4.78, 5) is 11.6. The first kappa shape index (κ1) is 16.3. The molecule has 1 rings (SSSR count). The molecular weight excluding hydrogens is 453 g/mol. The van der Waals surface area contributed by atoms with Gasteiger partial charge in [0.25, 0.3) is 0 Å². The fraction of sp³-hybridized carbons (Fsp3) is 0.364. The summed E-state index contributed by atoms with van der Waals surface area (Å²) in [6, 6.07) is 1.72. The molecule has 0 radical (unpaired) electrons. The van der Waals surface area contributed by atoms with Crippen LogP contribution in [0.15, 0.2) is 19.5 Å². The molecule has 0 aliphatic rings. The summed E-state index contributed by atoms with van der Waals surface area (Å²) in [5, 5.41) is 3.12. The molecule has 1 amide bonds. The number of rotatable bonds is 4. The molecule has 0 aliphatic carbocycles. The van der Waals surface area contributed by atoms with Gasteiger partial charge < -0.3 is 10.1 Å². The first-order chi connectivity index (χ1) is 8.47. The fourth-order valence-corrected chi connectivity index (χ4v) is 3.56. The van der Waals surface area contributed by atoms with E-state index in [-0.39, 0.29) is 0 Å². The van der Waals surface area contributed by atoms with Gasteiger partial charge >= 0.3 is 6.09 Å². The maximum atomic E-state index is 11.6. The quantitative estimate of drug-likeness (QED) is 0.362. The number of hydrogen-bond acceptors (Lipinski definition) is 2. The van der Waals surface area contributed by atoms with E-state index in [4.69, 9.17) is 16.3 Å². The van der Waals surface area contributed by atoms with Crippen LogP contribution in [0, 0.1) is 0 Å². The Morgan fingerprint density at radius 2 is 2.06 bits per heavy atom. The zero-order valence-corrected chi connectivity index (χ0v) is 15.0. The number of hydrogen-bond donors (Lipinski definition) is 1. The van der Waals surface area contributed by atoms with Crippen molar-refractivity contribution in [1.82, 2.24) is 5.32 Å². The van der Waals surface area contributed by atoms with Gasteiger partial charge in [0, 0.05) is 11.0 Å². The Labute approximate surface area is 136 Å². The van der Waals surface area contributed by atoms with Crippen LogP contribution in [0.2, 0.25) is 5.02 Å². The molecule has 0 aromatic heterocycles. The van der Waals surface area contributed by atoms with Crippen LogP contribution in [-0.4, -0.2) is 12.6 Å². The zero-order valence-electron chi connectivity index (χ0n) is 9.53. The molecule has 0 spiro atoms. The molecule has 0 aliphatic heterocycles. The van der Waals surface area contributed by atoms with Gasteiger partial charge in [-0.15, -0.1) is 0 Å². The van der Waals surface area contributed by atoms with Crippen molar-refractivity contribution >= 4 is 65.5 Å². The van der Waals surface area contributed by atoms with E-state index in [1.165, 1.54) is 0 Å². The lowest BCUT2D eigenvalue weighted by Crippen LogP contribution is -2.27. The number of benzene rings is 1. The normalized spacial score (nSPS) is 10.3. The fourth-order valence-electron chi connectivity index (χ4n) is 1.14. The van der Waals surface area contributed by atoms with Gasteiger partial charge in [-0.25, -0.2) is 4.79 Å². The summed E-state index contributed by atoms with van der Waals surface area (Å²) in [6.45, 7) is 2.64. The lowest BCUT2D eigenvalue weighted by molar-refractivity contribution is 0.199. The van der Waals surface area contributed by atoms with E-state index in [2.05, 4.69) is 60.0 Å². The van der Waals surface area contributed by atoms with Gasteiger partial charge in [-0.05, 0) is 60.3 Å². The van der Waals surface area contributed by atoms with Crippen LogP contribution in [0.5, 0.6) is 5.75 Å². The molecule has 0 unspecified atom stereocenters. The second-order valence-corrected chi connectivity index (χ2v) is 6.35. The Balaban J connectivity index is 2.79. The summed E-state index contributed by atoms with van der Waals surface area (Å²) >= 11 is 16.0. The number of halogens is 4. The second kappa shape index (κ2) is 7.72. The molecule has 100 valence electrons. The number of carbonyl (C=O) groups excluding carboxylic acids is 1. The van der Waals surface area contributed by atoms with Crippen LogP contribution >= 0.6 is 59.4 Å². The van der Waals surface area contributed by atoms with Crippen molar-refractivity contribution in [1.29, 1.82) is 0 Å². The summed E-state index contributed by atoms with van der Waals surface area (Å²) < 4.78 is 7.08. The van der Waals surface area contributed by atoms with Crippen molar-refractivity contribution < 1.29 is 9.53 Å². The Kier molecular flexibility index (Phi) is 6.98. The number of nitrogens with one attached hydrogen (secondary N) is 1. The third kappa shape index (κ3) is 4.40. The molecule has 1 aromatic rings. The number of unbranched alkanes of at least 4 members (excludes halogenated alkanes) is 1. The van der Waals surface area contributed by atoms with E-state index in [9.17, 15) is 4.79 Å². The third-order valence-electron chi connectivity index (χ3n) is 2.07. The van der Waals surface area contributed by atoms with Gasteiger partial charge in [-0.2, -0.15) is 0 Å². The lowest BCUT2D eigenvalue weighted by atomic mass is 10.3. The Hall–Kier alpha value is 0.220. The van der Waals surface area contributed by atoms with E-state index >= 15 is 0 Å². The van der Waals surface area contributed by atoms with Crippen molar-refractivity contribution in [3.8, 4) is 5.75 Å². The SMILES string of the molecule is CCCCNC(=O)Oc1c(Br)cc(Br)c(Cl)c1Br. The van der Waals surface area contributed by atoms with E-state index in [0.29, 0.717) is 30.7 Å². The van der Waals surface area contributed by atoms with Crippen LogP contribution in [-0.2, 0) is 0 Å². The highest BCUT2D eigenvalue weighted by Gasteiger charge is 2.16. The van der Waals surface area contributed by atoms with E-state index < -0.39 is 6.09 Å². The van der Waals surface area contributed by atoms with Gasteiger partial charge in [0.1, 0.15) is 0 Å². The van der Waals surface area contributed by atoms with Crippen molar-refractivity contribution in [3.63, 3.8) is 0 Å². The number of ether oxygens (including phenoxy) is 1. The Bertz CT molecular complexity index is 454. The summed E-state index contributed by atoms with van der Waals surface area (Å²) in [5.74, 6) is 0.359. The van der Waals surface area contributed by atoms with Crippen molar-refractivity contribution in [2.75, 3.05) is 6.54 Å². The largest absolute Gasteiger partial charge is 0.412 e. The van der Waals surface area contributed by atoms with Crippen LogP contribution in [0.25, 0.3) is 0 Å². The van der Waals surface area contributed by atoms with Crippen molar-refractivity contribution in [2.24, 2.45) is 0 Å². The zero-order chi connectivity index (χ0) is 13.7. The predicted molar refractivity (Wildman–Crippen MR) is 83.5 cm³/mol. The highest BCUT2D eigenvalue weighted by atomic mass is 79.9. The van der Waals surface area contributed by atoms with Crippen LogP contribution in [0.4, 0.5) is 4.79 Å². The third-order valence-corrected chi connectivity index (χ3v) is 4.89. The Morgan fingerprint density at radius 3 is 2.67 bits per heavy atom. The highest BCUT2D eigenvalue weighted by molar-refractivity contribution is 9.11. The first-order valence-corrected chi connectivity index (χ1v) is 8.01. The molecule has 0 heterocycles. The topological polar surface area (TPSA) is 38.3 Å². The maximum absolute atomic E-state index is 11.6. The average Bonchev–Trinajstić information content (AvgIpc) is 2.32. The van der Waals surface area contributed by atoms with E-state index in [1.807, 2.05) is 0 Å². The van der Waals surface area contributed by atoms with Gasteiger partial charge in [0.15, 0.2) is 5.75 Å². The van der Waals surface area contributed by atoms with Gasteiger partial charge in [-0.3, -0.25) is 0 Å². The summed E-state index contributed by atoms with van der Waals surface area (Å²) in [5.41, 5.74) is 0. The maximum Gasteiger partial charge on any atom is 0.412 e. The molecule has 0 bridgehead atoms. The Morgan fingerprint density at radius 1 is 1.39 bits per heavy atom. The summed E-state index contributed by atoms with van der Waals surface area (Å²) in [6.07, 6.45) is 1.43. The molecule has 1 aromatic carbocycles. The average molecular weight is 464 g/mol. The monoisotopic (exact) mass is 461 g/mol. The molecule has 1 N–H and O–H groups in total. The molecule has 7 heteroatoms. The van der Waals surface area contributed by atoms with Gasteiger partial charge in [-0.1, -0.05) is 24.9 Å². The standard InChI is InChI=1S/C11H11Br3ClNO2/c1-2-3-4-16-11(17)18-10-7(13)5-6(12)9(15)8(10)14/h5H,2-4H2,1H3,(H,16,17). The minimum atomic E-state index is -0.497. The molecule has 0 fully saturated rings. The predicted octanol–water partition coefficient (Wildman–Crippen LogP) is 5.52. The van der Waals surface area contributed by atoms with E-state index in [1.54, 1.807) is 6.07 Å². The minimum Gasteiger partial charge on any atom is -0.408 e. The lowest BCUT2D eigenvalue weighted by Gasteiger charge is -2.11. The number of carbonyl (C=O) groups is 1. The minimum absolute atomic E-state index is 0.359. The van der Waals surface area contributed by atoms with Crippen LogP contribution in [0.1, 0.15) is 19.8 Å². The van der Waals surface area contributed by atoms with E-state index in [0.717, 1.165) is 12.8 Å². The van der Waals surface area contributed by atoms with Gasteiger partial charge in [0.05, 0.1) is 14.0 Å². The molecular formula is C11H11Br3ClNO2. The first-order valence-electron chi connectivity index (χ1n) is 5.26. The molecule has 18 heavy (non-hydrogen) atoms. The highest BCUT2D eigenvalue weighted by Crippen LogP contribution is 2.42. The smallest absolute Gasteiger partial charge is 0.408 e. The van der Waals surface area contributed by atoms with Gasteiger partial charge in [0.2, 0.25) is 0 Å². The van der Waals surface area contributed by atoms with Crippen molar-refractivity contribution in [2.45, 2.75) is 19.8 Å². The van der Waals surface area contributed by atoms with Crippen LogP contribution < -0.4 is 10.1 Å². The van der Waals surface area contributed by atoms with Crippen molar-refractivity contribution in [3.05, 3.63) is 24.5 Å². The summed E-state index contributed by atoms with van der Waals surface area (Å²) in [7, 11) is 0.